The molecule has 0 fully saturated rings. The molecule has 0 aliphatic rings. The topological polar surface area (TPSA) is 46.5 Å². The van der Waals surface area contributed by atoms with Gasteiger partial charge in [0.15, 0.2) is 0 Å². The average molecular weight is 204 g/mol. The highest BCUT2D eigenvalue weighted by Gasteiger charge is 2.04. The van der Waals surface area contributed by atoms with Gasteiger partial charge in [-0.25, -0.2) is 4.79 Å². The standard InChI is InChI=1S/C12H12O3/c1-8(2)15-9(3)10-4-6-11(7-5-10)12(13)14/h4-7H,1,3H2,2H3,(H,13,14). The minimum atomic E-state index is -0.951. The van der Waals surface area contributed by atoms with Crippen LogP contribution in [0.25, 0.3) is 5.76 Å². The predicted molar refractivity (Wildman–Crippen MR) is 58.3 cm³/mol. The Balaban J connectivity index is 2.84. The Labute approximate surface area is 88.3 Å². The molecule has 1 N–H and O–H groups in total. The van der Waals surface area contributed by atoms with Gasteiger partial charge >= 0.3 is 5.97 Å². The third-order valence-electron chi connectivity index (χ3n) is 1.75. The first kappa shape index (κ1) is 11.0. The molecule has 0 atom stereocenters. The van der Waals surface area contributed by atoms with Crippen molar-refractivity contribution in [3.8, 4) is 0 Å². The highest BCUT2D eigenvalue weighted by atomic mass is 16.5. The van der Waals surface area contributed by atoms with E-state index in [9.17, 15) is 4.79 Å². The summed E-state index contributed by atoms with van der Waals surface area (Å²) in [6.45, 7) is 9.02. The van der Waals surface area contributed by atoms with Crippen LogP contribution in [0.4, 0.5) is 0 Å². The van der Waals surface area contributed by atoms with Crippen molar-refractivity contribution in [2.45, 2.75) is 6.92 Å². The van der Waals surface area contributed by atoms with Gasteiger partial charge in [0.05, 0.1) is 11.3 Å². The summed E-state index contributed by atoms with van der Waals surface area (Å²) in [6, 6.07) is 6.30. The molecule has 0 bridgehead atoms. The van der Waals surface area contributed by atoms with E-state index < -0.39 is 5.97 Å². The molecule has 0 radical (unpaired) electrons. The molecule has 78 valence electrons. The number of hydrogen-bond acceptors (Lipinski definition) is 2. The average Bonchev–Trinajstić information content (AvgIpc) is 2.17. The van der Waals surface area contributed by atoms with Crippen LogP contribution in [-0.4, -0.2) is 11.1 Å². The Morgan fingerprint density at radius 1 is 1.20 bits per heavy atom. The lowest BCUT2D eigenvalue weighted by molar-refractivity contribution is 0.0697. The van der Waals surface area contributed by atoms with E-state index in [0.717, 1.165) is 5.56 Å². The zero-order chi connectivity index (χ0) is 11.4. The predicted octanol–water partition coefficient (Wildman–Crippen LogP) is 2.91. The number of aromatic carboxylic acids is 1. The normalized spacial score (nSPS) is 9.40. The van der Waals surface area contributed by atoms with Gasteiger partial charge in [0.1, 0.15) is 5.76 Å². The molecule has 0 aromatic heterocycles. The van der Waals surface area contributed by atoms with Crippen molar-refractivity contribution < 1.29 is 14.6 Å². The van der Waals surface area contributed by atoms with Crippen molar-refractivity contribution in [3.63, 3.8) is 0 Å². The SMILES string of the molecule is C=C(C)OC(=C)c1ccc(C(=O)O)cc1. The second-order valence-corrected chi connectivity index (χ2v) is 3.11. The smallest absolute Gasteiger partial charge is 0.335 e. The molecule has 3 heteroatoms. The quantitative estimate of drug-likeness (QED) is 0.767. The minimum absolute atomic E-state index is 0.238. The second-order valence-electron chi connectivity index (χ2n) is 3.11. The van der Waals surface area contributed by atoms with Gasteiger partial charge in [-0.15, -0.1) is 0 Å². The fraction of sp³-hybridized carbons (Fsp3) is 0.0833. The number of allylic oxidation sites excluding steroid dienone is 1. The van der Waals surface area contributed by atoms with Crippen molar-refractivity contribution in [2.24, 2.45) is 0 Å². The zero-order valence-electron chi connectivity index (χ0n) is 8.49. The molecule has 0 amide bonds. The maximum absolute atomic E-state index is 10.6. The molecule has 1 rings (SSSR count). The lowest BCUT2D eigenvalue weighted by Crippen LogP contribution is -1.96. The summed E-state index contributed by atoms with van der Waals surface area (Å²) in [5, 5.41) is 8.69. The highest BCUT2D eigenvalue weighted by Crippen LogP contribution is 2.17. The summed E-state index contributed by atoms with van der Waals surface area (Å²) in [7, 11) is 0. The monoisotopic (exact) mass is 204 g/mol. The number of benzene rings is 1. The van der Waals surface area contributed by atoms with E-state index in [-0.39, 0.29) is 5.56 Å². The van der Waals surface area contributed by atoms with Gasteiger partial charge in [0.2, 0.25) is 0 Å². The lowest BCUT2D eigenvalue weighted by Gasteiger charge is -2.07. The van der Waals surface area contributed by atoms with Crippen molar-refractivity contribution in [3.05, 3.63) is 54.3 Å². The summed E-state index contributed by atoms with van der Waals surface area (Å²) >= 11 is 0. The first-order chi connectivity index (χ1) is 7.00. The Kier molecular flexibility index (Phi) is 3.29. The summed E-state index contributed by atoms with van der Waals surface area (Å²) in [5.41, 5.74) is 0.977. The number of rotatable bonds is 4. The molecule has 0 saturated carbocycles. The number of ether oxygens (including phenoxy) is 1. The molecule has 0 aliphatic heterocycles. The summed E-state index contributed by atoms with van der Waals surface area (Å²) in [4.78, 5) is 10.6. The molecule has 3 nitrogen and oxygen atoms in total. The van der Waals surface area contributed by atoms with Crippen LogP contribution in [0.2, 0.25) is 0 Å². The summed E-state index contributed by atoms with van der Waals surface area (Å²) in [6.07, 6.45) is 0. The van der Waals surface area contributed by atoms with E-state index in [1.54, 1.807) is 19.1 Å². The van der Waals surface area contributed by atoms with Crippen LogP contribution in [-0.2, 0) is 4.74 Å². The summed E-state index contributed by atoms with van der Waals surface area (Å²) in [5.74, 6) is 0.0507. The maximum atomic E-state index is 10.6. The van der Waals surface area contributed by atoms with E-state index in [1.807, 2.05) is 0 Å². The second kappa shape index (κ2) is 4.46. The number of carbonyl (C=O) groups is 1. The molecule has 0 unspecified atom stereocenters. The van der Waals surface area contributed by atoms with Crippen LogP contribution in [0, 0.1) is 0 Å². The fourth-order valence-electron chi connectivity index (χ4n) is 1.07. The van der Waals surface area contributed by atoms with Crippen LogP contribution in [0.5, 0.6) is 0 Å². The van der Waals surface area contributed by atoms with E-state index >= 15 is 0 Å². The first-order valence-electron chi connectivity index (χ1n) is 4.36. The first-order valence-corrected chi connectivity index (χ1v) is 4.36. The molecular formula is C12H12O3. The molecular weight excluding hydrogens is 192 g/mol. The third kappa shape index (κ3) is 2.98. The molecule has 0 aliphatic carbocycles. The van der Waals surface area contributed by atoms with E-state index in [2.05, 4.69) is 13.2 Å². The third-order valence-corrected chi connectivity index (χ3v) is 1.75. The van der Waals surface area contributed by atoms with Gasteiger partial charge in [0.25, 0.3) is 0 Å². The van der Waals surface area contributed by atoms with Gasteiger partial charge in [-0.05, 0) is 19.1 Å². The molecule has 15 heavy (non-hydrogen) atoms. The number of carboxylic acids is 1. The number of carboxylic acid groups (broad SMARTS) is 1. The van der Waals surface area contributed by atoms with Crippen molar-refractivity contribution in [2.75, 3.05) is 0 Å². The van der Waals surface area contributed by atoms with Crippen LogP contribution < -0.4 is 0 Å². The van der Waals surface area contributed by atoms with Gasteiger partial charge < -0.3 is 9.84 Å². The molecule has 0 saturated heterocycles. The molecule has 0 spiro atoms. The molecule has 1 aromatic rings. The minimum Gasteiger partial charge on any atom is -0.478 e. The largest absolute Gasteiger partial charge is 0.478 e. The molecule has 0 heterocycles. The van der Waals surface area contributed by atoms with Crippen LogP contribution >= 0.6 is 0 Å². The maximum Gasteiger partial charge on any atom is 0.335 e. The van der Waals surface area contributed by atoms with E-state index in [4.69, 9.17) is 9.84 Å². The molecule has 1 aromatic carbocycles. The van der Waals surface area contributed by atoms with E-state index in [1.165, 1.54) is 12.1 Å². The van der Waals surface area contributed by atoms with E-state index in [0.29, 0.717) is 11.5 Å². The van der Waals surface area contributed by atoms with Crippen molar-refractivity contribution in [1.82, 2.24) is 0 Å². The van der Waals surface area contributed by atoms with Gasteiger partial charge in [-0.2, -0.15) is 0 Å². The lowest BCUT2D eigenvalue weighted by atomic mass is 10.1. The Bertz CT molecular complexity index is 401. The Morgan fingerprint density at radius 3 is 2.07 bits per heavy atom. The van der Waals surface area contributed by atoms with Gasteiger partial charge in [-0.3, -0.25) is 0 Å². The zero-order valence-corrected chi connectivity index (χ0v) is 8.49. The van der Waals surface area contributed by atoms with Gasteiger partial charge in [-0.1, -0.05) is 25.3 Å². The number of hydrogen-bond donors (Lipinski definition) is 1. The fourth-order valence-corrected chi connectivity index (χ4v) is 1.07. The Hall–Kier alpha value is -2.03. The van der Waals surface area contributed by atoms with Crippen LogP contribution in [0.15, 0.2) is 43.2 Å². The van der Waals surface area contributed by atoms with Gasteiger partial charge in [0, 0.05) is 5.56 Å². The Morgan fingerprint density at radius 2 is 1.67 bits per heavy atom. The van der Waals surface area contributed by atoms with Crippen molar-refractivity contribution >= 4 is 11.7 Å². The van der Waals surface area contributed by atoms with Crippen molar-refractivity contribution in [1.29, 1.82) is 0 Å². The van der Waals surface area contributed by atoms with Crippen LogP contribution in [0.1, 0.15) is 22.8 Å². The summed E-state index contributed by atoms with van der Waals surface area (Å²) < 4.78 is 5.20. The van der Waals surface area contributed by atoms with Crippen LogP contribution in [0.3, 0.4) is 0 Å². The highest BCUT2D eigenvalue weighted by molar-refractivity contribution is 5.87.